The van der Waals surface area contributed by atoms with E-state index in [1.807, 2.05) is 47.0 Å². The summed E-state index contributed by atoms with van der Waals surface area (Å²) in [5.74, 6) is 4.55. The Bertz CT molecular complexity index is 180. The Balaban J connectivity index is 1.96. The zero-order valence-electron chi connectivity index (χ0n) is 9.53. The summed E-state index contributed by atoms with van der Waals surface area (Å²) in [7, 11) is 0. The van der Waals surface area contributed by atoms with E-state index in [9.17, 15) is 0 Å². The van der Waals surface area contributed by atoms with Gasteiger partial charge in [0.2, 0.25) is 0 Å². The molecule has 2 aliphatic rings. The van der Waals surface area contributed by atoms with E-state index >= 15 is 0 Å². The molecule has 0 aromatic carbocycles. The molecule has 0 amide bonds. The van der Waals surface area contributed by atoms with Gasteiger partial charge in [-0.3, -0.25) is 0 Å². The Hall–Kier alpha value is 1.40. The van der Waals surface area contributed by atoms with Crippen LogP contribution in [0.25, 0.3) is 0 Å². The SMILES string of the molecule is [2H]C([2H])(C1SCCCS1)C1SCCCS1. The molecule has 0 radical (unpaired) electrons. The summed E-state index contributed by atoms with van der Waals surface area (Å²) in [4.78, 5) is 0. The van der Waals surface area contributed by atoms with Gasteiger partial charge in [0.25, 0.3) is 0 Å². The molecule has 0 saturated carbocycles. The molecule has 0 bridgehead atoms. The number of thioether (sulfide) groups is 4. The van der Waals surface area contributed by atoms with Crippen LogP contribution in [-0.2, 0) is 0 Å². The first-order chi connectivity index (χ1) is 7.21. The third-order valence-electron chi connectivity index (χ3n) is 1.93. The third-order valence-corrected chi connectivity index (χ3v) is 7.41. The highest BCUT2D eigenvalue weighted by Gasteiger charge is 2.22. The molecule has 0 nitrogen and oxygen atoms in total. The van der Waals surface area contributed by atoms with Gasteiger partial charge in [-0.25, -0.2) is 0 Å². The molecular formula is C9H16S4. The molecule has 2 saturated heterocycles. The van der Waals surface area contributed by atoms with Gasteiger partial charge in [-0.1, -0.05) is 0 Å². The summed E-state index contributed by atoms with van der Waals surface area (Å²) < 4.78 is 16.9. The second-order valence-electron chi connectivity index (χ2n) is 3.02. The van der Waals surface area contributed by atoms with Crippen molar-refractivity contribution < 1.29 is 2.74 Å². The second-order valence-corrected chi connectivity index (χ2v) is 8.47. The van der Waals surface area contributed by atoms with Gasteiger partial charge in [-0.05, 0) is 42.2 Å². The van der Waals surface area contributed by atoms with E-state index < -0.39 is 6.37 Å². The third kappa shape index (κ3) is 3.80. The molecular weight excluding hydrogens is 236 g/mol. The van der Waals surface area contributed by atoms with Crippen LogP contribution in [0.15, 0.2) is 0 Å². The molecule has 0 N–H and O–H groups in total. The molecule has 0 unspecified atom stereocenters. The maximum absolute atomic E-state index is 8.30. The Morgan fingerprint density at radius 3 is 1.62 bits per heavy atom. The largest absolute Gasteiger partial charge is 0.148 e. The molecule has 13 heavy (non-hydrogen) atoms. The molecule has 0 aliphatic carbocycles. The van der Waals surface area contributed by atoms with E-state index in [2.05, 4.69) is 0 Å². The molecule has 4 heteroatoms. The molecule has 2 fully saturated rings. The minimum absolute atomic E-state index is 0.161. The van der Waals surface area contributed by atoms with E-state index in [-0.39, 0.29) is 9.16 Å². The zero-order valence-corrected chi connectivity index (χ0v) is 10.8. The molecule has 0 spiro atoms. The highest BCUT2D eigenvalue weighted by Crippen LogP contribution is 2.41. The van der Waals surface area contributed by atoms with Crippen LogP contribution in [0.4, 0.5) is 0 Å². The number of rotatable bonds is 2. The standard InChI is InChI=1S/C9H16S4/c1-3-10-8(11-4-1)7-9-12-5-2-6-13-9/h8-9H,1-7H2/i7D2. The van der Waals surface area contributed by atoms with Gasteiger partial charge in [-0.15, -0.1) is 47.0 Å². The van der Waals surface area contributed by atoms with Crippen molar-refractivity contribution in [2.24, 2.45) is 0 Å². The van der Waals surface area contributed by atoms with Crippen LogP contribution < -0.4 is 0 Å². The highest BCUT2D eigenvalue weighted by molar-refractivity contribution is 8.19. The van der Waals surface area contributed by atoms with Gasteiger partial charge >= 0.3 is 0 Å². The Morgan fingerprint density at radius 2 is 1.23 bits per heavy atom. The maximum atomic E-state index is 8.30. The monoisotopic (exact) mass is 254 g/mol. The lowest BCUT2D eigenvalue weighted by Gasteiger charge is -2.27. The predicted octanol–water partition coefficient (Wildman–Crippen LogP) is 3.77. The van der Waals surface area contributed by atoms with Gasteiger partial charge < -0.3 is 0 Å². The lowest BCUT2D eigenvalue weighted by molar-refractivity contribution is 0.976. The van der Waals surface area contributed by atoms with Crippen LogP contribution in [0, 0.1) is 0 Å². The molecule has 76 valence electrons. The van der Waals surface area contributed by atoms with Crippen LogP contribution in [0.1, 0.15) is 22.0 Å². The van der Waals surface area contributed by atoms with Crippen molar-refractivity contribution >= 4 is 47.0 Å². The molecule has 0 aromatic rings. The minimum atomic E-state index is -1.01. The van der Waals surface area contributed by atoms with E-state index in [0.717, 1.165) is 23.0 Å². The fraction of sp³-hybridized carbons (Fsp3) is 1.00. The molecule has 0 atom stereocenters. The van der Waals surface area contributed by atoms with Crippen LogP contribution in [-0.4, -0.2) is 32.2 Å². The van der Waals surface area contributed by atoms with Crippen LogP contribution in [0.3, 0.4) is 0 Å². The lowest BCUT2D eigenvalue weighted by Crippen LogP contribution is -2.15. The molecule has 2 aliphatic heterocycles. The van der Waals surface area contributed by atoms with E-state index in [1.165, 1.54) is 12.8 Å². The smallest absolute Gasteiger partial charge is 0.0521 e. The first-order valence-electron chi connectivity index (χ1n) is 5.67. The van der Waals surface area contributed by atoms with Gasteiger partial charge in [0.1, 0.15) is 0 Å². The van der Waals surface area contributed by atoms with Gasteiger partial charge in [0.05, 0.1) is 9.16 Å². The average Bonchev–Trinajstić information content (AvgIpc) is 2.31. The molecule has 2 rings (SSSR count). The molecule has 2 heterocycles. The van der Waals surface area contributed by atoms with Crippen molar-refractivity contribution in [2.45, 2.75) is 28.4 Å². The summed E-state index contributed by atoms with van der Waals surface area (Å²) in [5.41, 5.74) is 0. The second kappa shape index (κ2) is 6.09. The number of hydrogen-bond acceptors (Lipinski definition) is 4. The van der Waals surface area contributed by atoms with E-state index in [1.54, 1.807) is 0 Å². The zero-order chi connectivity index (χ0) is 10.7. The molecule has 0 aromatic heterocycles. The number of hydrogen-bond donors (Lipinski definition) is 0. The van der Waals surface area contributed by atoms with Crippen molar-refractivity contribution in [3.63, 3.8) is 0 Å². The summed E-state index contributed by atoms with van der Waals surface area (Å²) in [6.45, 7) is 0. The normalized spacial score (nSPS) is 31.1. The van der Waals surface area contributed by atoms with Crippen LogP contribution >= 0.6 is 47.0 Å². The quantitative estimate of drug-likeness (QED) is 0.735. The summed E-state index contributed by atoms with van der Waals surface area (Å²) in [6.07, 6.45) is 1.48. The highest BCUT2D eigenvalue weighted by atomic mass is 32.2. The minimum Gasteiger partial charge on any atom is -0.148 e. The van der Waals surface area contributed by atoms with Crippen molar-refractivity contribution in [2.75, 3.05) is 23.0 Å². The van der Waals surface area contributed by atoms with Crippen molar-refractivity contribution in [1.82, 2.24) is 0 Å². The van der Waals surface area contributed by atoms with Gasteiger partial charge in [0.15, 0.2) is 0 Å². The fourth-order valence-electron chi connectivity index (χ4n) is 1.28. The first kappa shape index (κ1) is 8.54. The summed E-state index contributed by atoms with van der Waals surface area (Å²) >= 11 is 7.30. The summed E-state index contributed by atoms with van der Waals surface area (Å²) in [6, 6.07) is 0. The Morgan fingerprint density at radius 1 is 0.846 bits per heavy atom. The van der Waals surface area contributed by atoms with E-state index in [4.69, 9.17) is 2.74 Å². The van der Waals surface area contributed by atoms with Crippen LogP contribution in [0.2, 0.25) is 0 Å². The van der Waals surface area contributed by atoms with Crippen LogP contribution in [0.5, 0.6) is 0 Å². The average molecular weight is 255 g/mol. The van der Waals surface area contributed by atoms with E-state index in [0.29, 0.717) is 0 Å². The fourth-order valence-corrected chi connectivity index (χ4v) is 6.94. The van der Waals surface area contributed by atoms with Crippen molar-refractivity contribution in [3.05, 3.63) is 0 Å². The lowest BCUT2D eigenvalue weighted by atomic mass is 10.5. The van der Waals surface area contributed by atoms with Gasteiger partial charge in [0, 0.05) is 2.74 Å². The Labute approximate surface area is 101 Å². The topological polar surface area (TPSA) is 0 Å². The van der Waals surface area contributed by atoms with Crippen molar-refractivity contribution in [3.8, 4) is 0 Å². The Kier molecular flexibility index (Phi) is 4.00. The van der Waals surface area contributed by atoms with Gasteiger partial charge in [-0.2, -0.15) is 0 Å². The maximum Gasteiger partial charge on any atom is 0.0521 e. The first-order valence-corrected chi connectivity index (χ1v) is 8.87. The van der Waals surface area contributed by atoms with Crippen molar-refractivity contribution in [1.29, 1.82) is 0 Å². The predicted molar refractivity (Wildman–Crippen MR) is 71.3 cm³/mol. The summed E-state index contributed by atoms with van der Waals surface area (Å²) in [5, 5.41) is 0.